The van der Waals surface area contributed by atoms with Gasteiger partial charge in [-0.3, -0.25) is 4.90 Å². The van der Waals surface area contributed by atoms with Crippen molar-refractivity contribution in [2.75, 3.05) is 46.9 Å². The van der Waals surface area contributed by atoms with E-state index in [0.717, 1.165) is 32.3 Å². The van der Waals surface area contributed by atoms with Gasteiger partial charge in [0, 0.05) is 19.1 Å². The molecule has 1 aliphatic heterocycles. The Morgan fingerprint density at radius 2 is 1.93 bits per heavy atom. The molecule has 1 saturated heterocycles. The third-order valence-electron chi connectivity index (χ3n) is 2.94. The van der Waals surface area contributed by atoms with Crippen LogP contribution in [0.25, 0.3) is 0 Å². The van der Waals surface area contributed by atoms with Gasteiger partial charge < -0.3 is 9.64 Å². The lowest BCUT2D eigenvalue weighted by atomic mass is 10.1. The number of hydrogen-bond acceptors (Lipinski definition) is 3. The maximum atomic E-state index is 5.37. The fourth-order valence-corrected chi connectivity index (χ4v) is 1.99. The number of hydrogen-bond donors (Lipinski definition) is 0. The van der Waals surface area contributed by atoms with E-state index in [2.05, 4.69) is 30.8 Å². The molecule has 0 aliphatic carbocycles. The van der Waals surface area contributed by atoms with Gasteiger partial charge in [0.15, 0.2) is 0 Å². The van der Waals surface area contributed by atoms with E-state index < -0.39 is 0 Å². The van der Waals surface area contributed by atoms with Crippen molar-refractivity contribution in [1.29, 1.82) is 0 Å². The van der Waals surface area contributed by atoms with E-state index in [1.165, 1.54) is 19.4 Å². The lowest BCUT2D eigenvalue weighted by Gasteiger charge is -2.34. The van der Waals surface area contributed by atoms with Crippen LogP contribution in [0.15, 0.2) is 0 Å². The Balaban J connectivity index is 2.28. The van der Waals surface area contributed by atoms with Crippen molar-refractivity contribution in [3.8, 4) is 0 Å². The van der Waals surface area contributed by atoms with E-state index in [4.69, 9.17) is 4.74 Å². The summed E-state index contributed by atoms with van der Waals surface area (Å²) in [5, 5.41) is 0. The van der Waals surface area contributed by atoms with Gasteiger partial charge in [0.1, 0.15) is 0 Å². The average molecular weight is 200 g/mol. The van der Waals surface area contributed by atoms with Crippen LogP contribution >= 0.6 is 0 Å². The van der Waals surface area contributed by atoms with E-state index in [9.17, 15) is 0 Å². The van der Waals surface area contributed by atoms with Gasteiger partial charge in [-0.1, -0.05) is 6.92 Å². The number of morpholine rings is 1. The zero-order chi connectivity index (χ0) is 10.4. The first-order chi connectivity index (χ1) is 6.74. The van der Waals surface area contributed by atoms with Crippen LogP contribution in [0.3, 0.4) is 0 Å². The first kappa shape index (κ1) is 12.0. The summed E-state index contributed by atoms with van der Waals surface area (Å²) in [6, 6.07) is 0.751. The van der Waals surface area contributed by atoms with Crippen molar-refractivity contribution < 1.29 is 4.74 Å². The smallest absolute Gasteiger partial charge is 0.0594 e. The fourth-order valence-electron chi connectivity index (χ4n) is 1.99. The minimum atomic E-state index is 0.751. The van der Waals surface area contributed by atoms with Crippen molar-refractivity contribution in [2.45, 2.75) is 25.8 Å². The number of nitrogens with zero attached hydrogens (tertiary/aromatic N) is 2. The highest BCUT2D eigenvalue weighted by Crippen LogP contribution is 2.11. The quantitative estimate of drug-likeness (QED) is 0.660. The van der Waals surface area contributed by atoms with Gasteiger partial charge in [-0.2, -0.15) is 0 Å². The highest BCUT2D eigenvalue weighted by Gasteiger charge is 2.18. The molecule has 84 valence electrons. The van der Waals surface area contributed by atoms with Gasteiger partial charge in [-0.05, 0) is 33.5 Å². The monoisotopic (exact) mass is 200 g/mol. The molecule has 0 bridgehead atoms. The Morgan fingerprint density at radius 3 is 2.43 bits per heavy atom. The molecule has 0 spiro atoms. The van der Waals surface area contributed by atoms with Crippen molar-refractivity contribution in [2.24, 2.45) is 0 Å². The second-order valence-corrected chi connectivity index (χ2v) is 4.30. The van der Waals surface area contributed by atoms with E-state index in [0.29, 0.717) is 0 Å². The summed E-state index contributed by atoms with van der Waals surface area (Å²) in [5.41, 5.74) is 0. The Bertz CT molecular complexity index is 144. The summed E-state index contributed by atoms with van der Waals surface area (Å²) < 4.78 is 5.37. The van der Waals surface area contributed by atoms with E-state index in [1.54, 1.807) is 0 Å². The highest BCUT2D eigenvalue weighted by atomic mass is 16.5. The summed E-state index contributed by atoms with van der Waals surface area (Å²) in [6.45, 7) is 7.54. The predicted molar refractivity (Wildman–Crippen MR) is 59.6 cm³/mol. The topological polar surface area (TPSA) is 15.7 Å². The Labute approximate surface area is 88.0 Å². The summed E-state index contributed by atoms with van der Waals surface area (Å²) in [7, 11) is 4.29. The molecule has 0 radical (unpaired) electrons. The van der Waals surface area contributed by atoms with Crippen molar-refractivity contribution in [3.05, 3.63) is 0 Å². The molecule has 1 atom stereocenters. The van der Waals surface area contributed by atoms with Crippen LogP contribution in [-0.4, -0.2) is 62.8 Å². The van der Waals surface area contributed by atoms with Crippen molar-refractivity contribution in [1.82, 2.24) is 9.80 Å². The molecule has 0 aromatic carbocycles. The second kappa shape index (κ2) is 6.38. The third kappa shape index (κ3) is 3.95. The van der Waals surface area contributed by atoms with Gasteiger partial charge in [-0.25, -0.2) is 0 Å². The molecule has 3 nitrogen and oxygen atoms in total. The molecule has 1 rings (SSSR count). The van der Waals surface area contributed by atoms with Crippen LogP contribution in [0, 0.1) is 0 Å². The molecule has 0 amide bonds. The first-order valence-corrected chi connectivity index (χ1v) is 5.70. The minimum Gasteiger partial charge on any atom is -0.379 e. The average Bonchev–Trinajstić information content (AvgIpc) is 2.20. The van der Waals surface area contributed by atoms with E-state index in [-0.39, 0.29) is 0 Å². The molecule has 3 heteroatoms. The first-order valence-electron chi connectivity index (χ1n) is 5.70. The molecule has 1 fully saturated rings. The Morgan fingerprint density at radius 1 is 1.29 bits per heavy atom. The van der Waals surface area contributed by atoms with Crippen LogP contribution in [0.1, 0.15) is 19.8 Å². The van der Waals surface area contributed by atoms with Crippen LogP contribution in [-0.2, 0) is 4.74 Å². The van der Waals surface area contributed by atoms with Crippen LogP contribution < -0.4 is 0 Å². The highest BCUT2D eigenvalue weighted by molar-refractivity contribution is 4.73. The Hall–Kier alpha value is -0.120. The maximum Gasteiger partial charge on any atom is 0.0594 e. The number of ether oxygens (including phenoxy) is 1. The van der Waals surface area contributed by atoms with E-state index in [1.807, 2.05) is 0 Å². The molecule has 0 aromatic rings. The normalized spacial score (nSPS) is 21.4. The molecular weight excluding hydrogens is 176 g/mol. The second-order valence-electron chi connectivity index (χ2n) is 4.30. The van der Waals surface area contributed by atoms with Crippen LogP contribution in [0.4, 0.5) is 0 Å². The zero-order valence-corrected chi connectivity index (χ0v) is 9.83. The molecule has 1 heterocycles. The van der Waals surface area contributed by atoms with E-state index >= 15 is 0 Å². The summed E-state index contributed by atoms with van der Waals surface area (Å²) >= 11 is 0. The largest absolute Gasteiger partial charge is 0.379 e. The zero-order valence-electron chi connectivity index (χ0n) is 9.83. The van der Waals surface area contributed by atoms with Crippen LogP contribution in [0.5, 0.6) is 0 Å². The molecule has 1 unspecified atom stereocenters. The van der Waals surface area contributed by atoms with Gasteiger partial charge in [0.25, 0.3) is 0 Å². The maximum absolute atomic E-state index is 5.37. The van der Waals surface area contributed by atoms with Crippen LogP contribution in [0.2, 0.25) is 0 Å². The lowest BCUT2D eigenvalue weighted by molar-refractivity contribution is 0.0127. The minimum absolute atomic E-state index is 0.751. The molecule has 1 aliphatic rings. The predicted octanol–water partition coefficient (Wildman–Crippen LogP) is 1.05. The van der Waals surface area contributed by atoms with Gasteiger partial charge in [0.05, 0.1) is 13.2 Å². The fraction of sp³-hybridized carbons (Fsp3) is 1.00. The van der Waals surface area contributed by atoms with Gasteiger partial charge in [-0.15, -0.1) is 0 Å². The standard InChI is InChI=1S/C11H24N2O/c1-4-11(5-6-12(2)3)13-7-9-14-10-8-13/h11H,4-10H2,1-3H3. The Kier molecular flexibility index (Phi) is 5.45. The molecule has 0 N–H and O–H groups in total. The summed E-state index contributed by atoms with van der Waals surface area (Å²) in [5.74, 6) is 0. The molecule has 0 saturated carbocycles. The molecule has 0 aromatic heterocycles. The SMILES string of the molecule is CCC(CCN(C)C)N1CCOCC1. The summed E-state index contributed by atoms with van der Waals surface area (Å²) in [4.78, 5) is 4.84. The summed E-state index contributed by atoms with van der Waals surface area (Å²) in [6.07, 6.45) is 2.54. The third-order valence-corrected chi connectivity index (χ3v) is 2.94. The van der Waals surface area contributed by atoms with Crippen molar-refractivity contribution >= 4 is 0 Å². The lowest BCUT2D eigenvalue weighted by Crippen LogP contribution is -2.44. The van der Waals surface area contributed by atoms with Gasteiger partial charge >= 0.3 is 0 Å². The van der Waals surface area contributed by atoms with Crippen molar-refractivity contribution in [3.63, 3.8) is 0 Å². The molecular formula is C11H24N2O. The molecule has 14 heavy (non-hydrogen) atoms. The number of rotatable bonds is 5. The van der Waals surface area contributed by atoms with Gasteiger partial charge in [0.2, 0.25) is 0 Å².